The number of anilines is 1. The van der Waals surface area contributed by atoms with Gasteiger partial charge in [-0.3, -0.25) is 14.6 Å². The number of nitrogens with zero attached hydrogens (tertiary/aromatic N) is 6. The van der Waals surface area contributed by atoms with Crippen LogP contribution in [0.3, 0.4) is 0 Å². The SMILES string of the molecule is CC(C)n1cnnc1-c1cccc(NC(=O)c2cc3c(cn2)CN(C(=O)c2ccc(F)cc2)C3)n1. The van der Waals surface area contributed by atoms with Crippen molar-refractivity contribution in [2.24, 2.45) is 0 Å². The molecule has 1 aliphatic heterocycles. The maximum absolute atomic E-state index is 13.2. The summed E-state index contributed by atoms with van der Waals surface area (Å²) in [6.45, 7) is 4.76. The second kappa shape index (κ2) is 9.05. The van der Waals surface area contributed by atoms with Crippen LogP contribution < -0.4 is 5.32 Å². The van der Waals surface area contributed by atoms with Gasteiger partial charge in [0.25, 0.3) is 11.8 Å². The largest absolute Gasteiger partial charge is 0.330 e. The van der Waals surface area contributed by atoms with E-state index in [-0.39, 0.29) is 17.6 Å². The summed E-state index contributed by atoms with van der Waals surface area (Å²) in [4.78, 5) is 36.1. The van der Waals surface area contributed by atoms with Gasteiger partial charge in [0.15, 0.2) is 5.82 Å². The summed E-state index contributed by atoms with van der Waals surface area (Å²) in [6.07, 6.45) is 3.25. The van der Waals surface area contributed by atoms with E-state index in [0.717, 1.165) is 11.1 Å². The summed E-state index contributed by atoms with van der Waals surface area (Å²) >= 11 is 0. The molecule has 5 rings (SSSR count). The Hall–Kier alpha value is -4.47. The Morgan fingerprint density at radius 1 is 1.06 bits per heavy atom. The molecule has 0 unspecified atom stereocenters. The number of rotatable bonds is 5. The standard InChI is InChI=1S/C25H22FN7O2/c1-15(2)33-14-28-31-23(33)20-4-3-5-22(29-20)30-24(34)21-10-17-12-32(13-18(17)11-27-21)25(35)16-6-8-19(26)9-7-16/h3-11,14-15H,12-13H2,1-2H3,(H,29,30,34). The summed E-state index contributed by atoms with van der Waals surface area (Å²) < 4.78 is 15.1. The van der Waals surface area contributed by atoms with Crippen molar-refractivity contribution >= 4 is 17.6 Å². The van der Waals surface area contributed by atoms with Gasteiger partial charge in [-0.05, 0) is 67.4 Å². The number of pyridine rings is 2. The number of hydrogen-bond donors (Lipinski definition) is 1. The average Bonchev–Trinajstić information content (AvgIpc) is 3.51. The second-order valence-corrected chi connectivity index (χ2v) is 8.52. The third kappa shape index (κ3) is 4.50. The lowest BCUT2D eigenvalue weighted by atomic mass is 10.1. The lowest BCUT2D eigenvalue weighted by Gasteiger charge is -2.15. The van der Waals surface area contributed by atoms with Crippen LogP contribution in [0.4, 0.5) is 10.2 Å². The summed E-state index contributed by atoms with van der Waals surface area (Å²) in [7, 11) is 0. The van der Waals surface area contributed by atoms with E-state index in [1.165, 1.54) is 24.3 Å². The van der Waals surface area contributed by atoms with Gasteiger partial charge in [0, 0.05) is 30.9 Å². The summed E-state index contributed by atoms with van der Waals surface area (Å²) in [6, 6.07) is 12.6. The monoisotopic (exact) mass is 471 g/mol. The van der Waals surface area contributed by atoms with Crippen LogP contribution in [0.1, 0.15) is 51.9 Å². The third-order valence-electron chi connectivity index (χ3n) is 5.77. The van der Waals surface area contributed by atoms with E-state index in [9.17, 15) is 14.0 Å². The zero-order valence-electron chi connectivity index (χ0n) is 19.1. The minimum atomic E-state index is -0.411. The Balaban J connectivity index is 1.30. The molecule has 1 aromatic carbocycles. The molecule has 1 aliphatic rings. The minimum absolute atomic E-state index is 0.158. The molecule has 176 valence electrons. The molecule has 3 aromatic heterocycles. The zero-order valence-corrected chi connectivity index (χ0v) is 19.1. The lowest BCUT2D eigenvalue weighted by molar-refractivity contribution is 0.0751. The van der Waals surface area contributed by atoms with Crippen LogP contribution in [0.25, 0.3) is 11.5 Å². The van der Waals surface area contributed by atoms with E-state index in [2.05, 4.69) is 25.5 Å². The molecular weight excluding hydrogens is 449 g/mol. The molecule has 0 radical (unpaired) electrons. The second-order valence-electron chi connectivity index (χ2n) is 8.52. The first-order chi connectivity index (χ1) is 16.9. The van der Waals surface area contributed by atoms with Crippen LogP contribution in [-0.2, 0) is 13.1 Å². The number of halogens is 1. The fraction of sp³-hybridized carbons (Fsp3) is 0.200. The van der Waals surface area contributed by atoms with Gasteiger partial charge in [-0.2, -0.15) is 0 Å². The van der Waals surface area contributed by atoms with Crippen molar-refractivity contribution in [2.75, 3.05) is 5.32 Å². The van der Waals surface area contributed by atoms with Gasteiger partial charge < -0.3 is 14.8 Å². The van der Waals surface area contributed by atoms with Crippen molar-refractivity contribution < 1.29 is 14.0 Å². The number of carbonyl (C=O) groups excluding carboxylic acids is 2. The summed E-state index contributed by atoms with van der Waals surface area (Å²) in [5, 5.41) is 10.9. The summed E-state index contributed by atoms with van der Waals surface area (Å²) in [5.41, 5.74) is 2.92. The van der Waals surface area contributed by atoms with Gasteiger partial charge in [0.1, 0.15) is 29.4 Å². The van der Waals surface area contributed by atoms with Gasteiger partial charge in [0.2, 0.25) is 0 Å². The first-order valence-electron chi connectivity index (χ1n) is 11.1. The number of carbonyl (C=O) groups is 2. The molecule has 2 amide bonds. The quantitative estimate of drug-likeness (QED) is 0.474. The predicted octanol–water partition coefficient (Wildman–Crippen LogP) is 3.86. The molecule has 0 saturated heterocycles. The van der Waals surface area contributed by atoms with Gasteiger partial charge >= 0.3 is 0 Å². The molecule has 0 saturated carbocycles. The zero-order chi connectivity index (χ0) is 24.5. The molecule has 0 spiro atoms. The molecule has 0 bridgehead atoms. The maximum Gasteiger partial charge on any atom is 0.275 e. The van der Waals surface area contributed by atoms with Gasteiger partial charge in [-0.1, -0.05) is 6.07 Å². The van der Waals surface area contributed by atoms with Crippen molar-refractivity contribution in [3.8, 4) is 11.5 Å². The highest BCUT2D eigenvalue weighted by atomic mass is 19.1. The van der Waals surface area contributed by atoms with Crippen LogP contribution in [0.2, 0.25) is 0 Å². The van der Waals surface area contributed by atoms with E-state index < -0.39 is 11.7 Å². The number of fused-ring (bicyclic) bond motifs is 1. The highest BCUT2D eigenvalue weighted by Crippen LogP contribution is 2.25. The molecular formula is C25H22FN7O2. The third-order valence-corrected chi connectivity index (χ3v) is 5.77. The van der Waals surface area contributed by atoms with Crippen LogP contribution in [0.5, 0.6) is 0 Å². The molecule has 4 aromatic rings. The molecule has 9 nitrogen and oxygen atoms in total. The van der Waals surface area contributed by atoms with Crippen LogP contribution >= 0.6 is 0 Å². The Morgan fingerprint density at radius 2 is 1.83 bits per heavy atom. The molecule has 10 heteroatoms. The van der Waals surface area contributed by atoms with Crippen molar-refractivity contribution in [1.29, 1.82) is 0 Å². The number of aromatic nitrogens is 5. The topological polar surface area (TPSA) is 106 Å². The van der Waals surface area contributed by atoms with Crippen molar-refractivity contribution in [3.63, 3.8) is 0 Å². The minimum Gasteiger partial charge on any atom is -0.330 e. The first kappa shape index (κ1) is 22.3. The Kier molecular flexibility index (Phi) is 5.77. The van der Waals surface area contributed by atoms with Crippen molar-refractivity contribution in [2.45, 2.75) is 33.0 Å². The number of hydrogen-bond acceptors (Lipinski definition) is 6. The normalized spacial score (nSPS) is 12.6. The van der Waals surface area contributed by atoms with E-state index in [1.807, 2.05) is 18.4 Å². The number of benzene rings is 1. The number of nitrogens with one attached hydrogen (secondary N) is 1. The van der Waals surface area contributed by atoms with Crippen LogP contribution in [0, 0.1) is 5.82 Å². The maximum atomic E-state index is 13.2. The Bertz CT molecular complexity index is 1420. The van der Waals surface area contributed by atoms with E-state index in [1.54, 1.807) is 41.7 Å². The molecule has 4 heterocycles. The highest BCUT2D eigenvalue weighted by Gasteiger charge is 2.26. The molecule has 0 atom stereocenters. The van der Waals surface area contributed by atoms with Crippen molar-refractivity contribution in [3.05, 3.63) is 89.3 Å². The Labute approximate surface area is 200 Å². The molecule has 35 heavy (non-hydrogen) atoms. The van der Waals surface area contributed by atoms with E-state index >= 15 is 0 Å². The van der Waals surface area contributed by atoms with E-state index in [0.29, 0.717) is 36.0 Å². The molecule has 1 N–H and O–H groups in total. The van der Waals surface area contributed by atoms with Crippen molar-refractivity contribution in [1.82, 2.24) is 29.6 Å². The average molecular weight is 471 g/mol. The van der Waals surface area contributed by atoms with Crippen LogP contribution in [0.15, 0.2) is 61.1 Å². The summed E-state index contributed by atoms with van der Waals surface area (Å²) in [5.74, 6) is -0.0413. The first-order valence-corrected chi connectivity index (χ1v) is 11.1. The van der Waals surface area contributed by atoms with Gasteiger partial charge in [-0.15, -0.1) is 10.2 Å². The van der Waals surface area contributed by atoms with Gasteiger partial charge in [0.05, 0.1) is 0 Å². The van der Waals surface area contributed by atoms with E-state index in [4.69, 9.17) is 0 Å². The lowest BCUT2D eigenvalue weighted by Crippen LogP contribution is -2.25. The molecule has 0 aliphatic carbocycles. The fourth-order valence-corrected chi connectivity index (χ4v) is 3.94. The Morgan fingerprint density at radius 3 is 2.60 bits per heavy atom. The highest BCUT2D eigenvalue weighted by molar-refractivity contribution is 6.02. The van der Waals surface area contributed by atoms with Crippen LogP contribution in [-0.4, -0.2) is 41.4 Å². The fourth-order valence-electron chi connectivity index (χ4n) is 3.94. The van der Waals surface area contributed by atoms with Gasteiger partial charge in [-0.25, -0.2) is 9.37 Å². The predicted molar refractivity (Wildman–Crippen MR) is 126 cm³/mol. The number of amides is 2. The molecule has 0 fully saturated rings. The smallest absolute Gasteiger partial charge is 0.275 e.